The summed E-state index contributed by atoms with van der Waals surface area (Å²) < 4.78 is 0. The number of aryl methyl sites for hydroxylation is 2. The predicted octanol–water partition coefficient (Wildman–Crippen LogP) is 6.61. The van der Waals surface area contributed by atoms with Crippen molar-refractivity contribution in [2.75, 3.05) is 10.2 Å². The first-order chi connectivity index (χ1) is 19.3. The van der Waals surface area contributed by atoms with Gasteiger partial charge in [-0.1, -0.05) is 71.8 Å². The van der Waals surface area contributed by atoms with E-state index < -0.39 is 23.4 Å². The van der Waals surface area contributed by atoms with E-state index in [9.17, 15) is 14.4 Å². The van der Waals surface area contributed by atoms with Crippen LogP contribution in [-0.4, -0.2) is 29.6 Å². The fourth-order valence-electron chi connectivity index (χ4n) is 7.01. The second-order valence-electron chi connectivity index (χ2n) is 11.1. The van der Waals surface area contributed by atoms with Gasteiger partial charge in [-0.15, -0.1) is 11.3 Å². The normalized spacial score (nSPS) is 24.3. The Hall–Kier alpha value is -4.29. The lowest BCUT2D eigenvalue weighted by Crippen LogP contribution is -2.51. The number of carbonyl (C=O) groups is 3. The lowest BCUT2D eigenvalue weighted by molar-refractivity contribution is -0.121. The van der Waals surface area contributed by atoms with E-state index in [1.165, 1.54) is 11.3 Å². The van der Waals surface area contributed by atoms with E-state index in [4.69, 9.17) is 0 Å². The van der Waals surface area contributed by atoms with Crippen molar-refractivity contribution < 1.29 is 14.4 Å². The van der Waals surface area contributed by atoms with Gasteiger partial charge in [-0.25, -0.2) is 0 Å². The van der Waals surface area contributed by atoms with Crippen LogP contribution in [0.4, 0.5) is 11.4 Å². The highest BCUT2D eigenvalue weighted by molar-refractivity contribution is 7.12. The van der Waals surface area contributed by atoms with Crippen LogP contribution in [0.25, 0.3) is 5.57 Å². The molecule has 1 saturated heterocycles. The summed E-state index contributed by atoms with van der Waals surface area (Å²) in [6.07, 6.45) is 2.10. The molecule has 0 radical (unpaired) electrons. The molecule has 6 heteroatoms. The first-order valence-electron chi connectivity index (χ1n) is 13.5. The Morgan fingerprint density at radius 2 is 1.62 bits per heavy atom. The van der Waals surface area contributed by atoms with Gasteiger partial charge in [0.15, 0.2) is 11.6 Å². The minimum atomic E-state index is -1.29. The van der Waals surface area contributed by atoms with Crippen molar-refractivity contribution in [3.8, 4) is 0 Å². The van der Waals surface area contributed by atoms with E-state index in [1.54, 1.807) is 6.07 Å². The monoisotopic (exact) mass is 544 g/mol. The molecule has 40 heavy (non-hydrogen) atoms. The van der Waals surface area contributed by atoms with Crippen LogP contribution in [0.2, 0.25) is 0 Å². The maximum absolute atomic E-state index is 14.7. The van der Waals surface area contributed by atoms with Crippen molar-refractivity contribution in [2.45, 2.75) is 38.3 Å². The van der Waals surface area contributed by atoms with Crippen LogP contribution in [0.5, 0.6) is 0 Å². The van der Waals surface area contributed by atoms with Gasteiger partial charge in [-0.2, -0.15) is 0 Å². The molecule has 3 aliphatic rings. The Morgan fingerprint density at radius 1 is 0.875 bits per heavy atom. The molecule has 0 aliphatic carbocycles. The highest BCUT2D eigenvalue weighted by atomic mass is 32.1. The number of nitrogens with one attached hydrogen (secondary N) is 1. The van der Waals surface area contributed by atoms with Crippen LogP contribution in [-0.2, 0) is 10.2 Å². The maximum atomic E-state index is 14.7. The van der Waals surface area contributed by atoms with Crippen molar-refractivity contribution in [3.63, 3.8) is 0 Å². The number of hydrogen-bond acceptors (Lipinski definition) is 5. The Morgan fingerprint density at radius 3 is 2.38 bits per heavy atom. The van der Waals surface area contributed by atoms with E-state index in [2.05, 4.69) is 22.4 Å². The molecule has 7 rings (SSSR count). The zero-order valence-electron chi connectivity index (χ0n) is 22.5. The molecule has 4 atom stereocenters. The van der Waals surface area contributed by atoms with Gasteiger partial charge in [0.25, 0.3) is 0 Å². The highest BCUT2D eigenvalue weighted by Gasteiger charge is 2.70. The second-order valence-corrected chi connectivity index (χ2v) is 12.0. The topological polar surface area (TPSA) is 66.5 Å². The fourth-order valence-corrected chi connectivity index (χ4v) is 7.71. The van der Waals surface area contributed by atoms with Gasteiger partial charge < -0.3 is 10.2 Å². The maximum Gasteiger partial charge on any atom is 0.238 e. The lowest BCUT2D eigenvalue weighted by Gasteiger charge is -2.39. The average Bonchev–Trinajstić information content (AvgIpc) is 3.66. The number of ketones is 2. The zero-order valence-corrected chi connectivity index (χ0v) is 23.3. The lowest BCUT2D eigenvalue weighted by atomic mass is 9.64. The summed E-state index contributed by atoms with van der Waals surface area (Å²) in [5.74, 6) is -1.52. The second kappa shape index (κ2) is 8.86. The Kier molecular flexibility index (Phi) is 5.48. The number of hydrogen-bond donors (Lipinski definition) is 1. The van der Waals surface area contributed by atoms with E-state index in [0.29, 0.717) is 16.1 Å². The molecule has 4 aromatic rings. The molecule has 1 N–H and O–H groups in total. The quantitative estimate of drug-likeness (QED) is 0.294. The molecule has 3 aliphatic heterocycles. The number of fused-ring (bicyclic) bond motifs is 6. The van der Waals surface area contributed by atoms with Crippen molar-refractivity contribution in [2.24, 2.45) is 5.92 Å². The summed E-state index contributed by atoms with van der Waals surface area (Å²) in [7, 11) is 0. The number of amides is 1. The third-order valence-corrected chi connectivity index (χ3v) is 9.67. The summed E-state index contributed by atoms with van der Waals surface area (Å²) in [5, 5.41) is 4.96. The fraction of sp³-hybridized carbons (Fsp3) is 0.206. The number of para-hydroxylation sites is 1. The molecule has 1 aromatic heterocycles. The number of anilines is 2. The summed E-state index contributed by atoms with van der Waals surface area (Å²) in [5.41, 5.74) is 5.78. The first-order valence-corrected chi connectivity index (χ1v) is 14.4. The third kappa shape index (κ3) is 3.29. The number of nitrogens with zero attached hydrogens (tertiary/aromatic N) is 1. The molecule has 1 amide bonds. The van der Waals surface area contributed by atoms with Gasteiger partial charge in [0.05, 0.1) is 16.8 Å². The number of allylic oxidation sites excluding steroid dienone is 1. The van der Waals surface area contributed by atoms with E-state index in [0.717, 1.165) is 33.5 Å². The Labute approximate surface area is 237 Å². The van der Waals surface area contributed by atoms with Gasteiger partial charge in [0, 0.05) is 22.5 Å². The minimum absolute atomic E-state index is 0.159. The predicted molar refractivity (Wildman–Crippen MR) is 159 cm³/mol. The molecule has 0 saturated carbocycles. The zero-order chi connectivity index (χ0) is 27.8. The van der Waals surface area contributed by atoms with Crippen molar-refractivity contribution in [3.05, 3.63) is 123 Å². The smallest absolute Gasteiger partial charge is 0.238 e. The molecule has 198 valence electrons. The van der Waals surface area contributed by atoms with Gasteiger partial charge in [0.1, 0.15) is 11.5 Å². The van der Waals surface area contributed by atoms with Gasteiger partial charge in [-0.3, -0.25) is 14.4 Å². The molecular weight excluding hydrogens is 516 g/mol. The van der Waals surface area contributed by atoms with Crippen LogP contribution < -0.4 is 10.2 Å². The van der Waals surface area contributed by atoms with Crippen LogP contribution in [0, 0.1) is 19.8 Å². The van der Waals surface area contributed by atoms with E-state index in [-0.39, 0.29) is 17.5 Å². The van der Waals surface area contributed by atoms with Crippen molar-refractivity contribution in [1.29, 1.82) is 0 Å². The Balaban J connectivity index is 1.56. The van der Waals surface area contributed by atoms with E-state index in [1.807, 2.05) is 92.9 Å². The number of carbonyl (C=O) groups excluding carboxylic acids is 3. The largest absolute Gasteiger partial charge is 0.352 e. The molecular formula is C34H28N2O3S. The molecule has 0 bridgehead atoms. The summed E-state index contributed by atoms with van der Waals surface area (Å²) in [6.45, 7) is 6.08. The molecule has 3 aromatic carbocycles. The molecule has 5 nitrogen and oxygen atoms in total. The average molecular weight is 545 g/mol. The standard InChI is InChI=1S/C34H28N2O3S/c1-19-10-13-22(14-11-19)31(37)30-29(32(38)27-9-6-16-40-27)34(24-7-4-5-8-25(24)35-33(34)39)28-18-21(3)23-17-20(2)12-15-26(23)36(28)30/h4-18,28-30H,1-3H3,(H,35,39)/t28-,29+,30-,34-/m1/s1. The molecule has 1 spiro atoms. The third-order valence-electron chi connectivity index (χ3n) is 8.78. The van der Waals surface area contributed by atoms with Gasteiger partial charge in [0.2, 0.25) is 5.91 Å². The van der Waals surface area contributed by atoms with E-state index >= 15 is 0 Å². The molecule has 1 fully saturated rings. The SMILES string of the molecule is CC1=C[C@H]2N(c3ccc(C)cc31)[C@@H](C(=O)c1ccc(C)cc1)[C@@H](C(=O)c1cccs1)[C@]21C(=O)Nc2ccccc21. The van der Waals surface area contributed by atoms with Crippen LogP contribution >= 0.6 is 11.3 Å². The molecule has 0 unspecified atom stereocenters. The summed E-state index contributed by atoms with van der Waals surface area (Å²) in [4.78, 5) is 46.3. The number of Topliss-reactive ketones (excluding diaryl/α,β-unsaturated/α-hetero) is 2. The highest BCUT2D eigenvalue weighted by Crippen LogP contribution is 2.59. The number of thiophene rings is 1. The van der Waals surface area contributed by atoms with Crippen LogP contribution in [0.1, 0.15) is 49.2 Å². The van der Waals surface area contributed by atoms with Crippen molar-refractivity contribution in [1.82, 2.24) is 0 Å². The van der Waals surface area contributed by atoms with Crippen molar-refractivity contribution >= 4 is 45.8 Å². The summed E-state index contributed by atoms with van der Waals surface area (Å²) >= 11 is 1.35. The Bertz CT molecular complexity index is 1740. The van der Waals surface area contributed by atoms with Gasteiger partial charge >= 0.3 is 0 Å². The number of rotatable bonds is 4. The van der Waals surface area contributed by atoms with Crippen LogP contribution in [0.15, 0.2) is 90.3 Å². The molecule has 4 heterocycles. The minimum Gasteiger partial charge on any atom is -0.352 e. The van der Waals surface area contributed by atoms with Gasteiger partial charge in [-0.05, 0) is 61.6 Å². The van der Waals surface area contributed by atoms with Crippen LogP contribution in [0.3, 0.4) is 0 Å². The summed E-state index contributed by atoms with van der Waals surface area (Å²) in [6, 6.07) is 23.5. The first kappa shape index (κ1) is 24.7. The number of benzene rings is 3.